The molecule has 2 unspecified atom stereocenters. The maximum absolute atomic E-state index is 12.8. The number of hydrogen-bond donors (Lipinski definition) is 2. The normalized spacial score (nSPS) is 19.3. The Balaban J connectivity index is 1.56. The third-order valence-corrected chi connectivity index (χ3v) is 4.63. The van der Waals surface area contributed by atoms with Crippen LogP contribution in [0.3, 0.4) is 0 Å². The summed E-state index contributed by atoms with van der Waals surface area (Å²) in [5.41, 5.74) is 2.20. The van der Waals surface area contributed by atoms with E-state index in [2.05, 4.69) is 10.4 Å². The quantitative estimate of drug-likeness (QED) is 0.716. The van der Waals surface area contributed by atoms with Gasteiger partial charge in [0.25, 0.3) is 5.91 Å². The Morgan fingerprint density at radius 2 is 2.11 bits per heavy atom. The second kappa shape index (κ2) is 7.38. The lowest BCUT2D eigenvalue weighted by atomic mass is 10.1. The van der Waals surface area contributed by atoms with E-state index in [-0.39, 0.29) is 12.5 Å². The van der Waals surface area contributed by atoms with E-state index < -0.39 is 12.1 Å². The number of nitrogens with one attached hydrogen (secondary N) is 1. The van der Waals surface area contributed by atoms with Crippen LogP contribution in [-0.4, -0.2) is 46.2 Å². The number of ether oxygens (including phenoxy) is 2. The van der Waals surface area contributed by atoms with Gasteiger partial charge in [0.1, 0.15) is 18.1 Å². The van der Waals surface area contributed by atoms with E-state index in [0.717, 1.165) is 5.56 Å². The molecule has 0 radical (unpaired) electrons. The van der Waals surface area contributed by atoms with Crippen molar-refractivity contribution in [1.29, 1.82) is 0 Å². The number of aromatic nitrogens is 2. The molecule has 7 nitrogen and oxygen atoms in total. The van der Waals surface area contributed by atoms with Crippen molar-refractivity contribution in [1.82, 2.24) is 15.1 Å². The Morgan fingerprint density at radius 3 is 2.85 bits per heavy atom. The molecule has 2 heterocycles. The number of carbonyl (C=O) groups excluding carboxylic acids is 1. The van der Waals surface area contributed by atoms with Gasteiger partial charge in [-0.15, -0.1) is 0 Å². The number of carbonyl (C=O) groups is 1. The Kier molecular flexibility index (Phi) is 4.79. The summed E-state index contributed by atoms with van der Waals surface area (Å²) in [5.74, 6) is 0.368. The van der Waals surface area contributed by atoms with Gasteiger partial charge in [-0.05, 0) is 23.8 Å². The van der Waals surface area contributed by atoms with Crippen LogP contribution in [0.15, 0.2) is 48.5 Å². The predicted octanol–water partition coefficient (Wildman–Crippen LogP) is 1.64. The van der Waals surface area contributed by atoms with Gasteiger partial charge < -0.3 is 19.9 Å². The summed E-state index contributed by atoms with van der Waals surface area (Å²) < 4.78 is 12.6. The molecular weight excluding hydrogens is 346 g/mol. The van der Waals surface area contributed by atoms with Gasteiger partial charge in [-0.1, -0.05) is 30.3 Å². The fraction of sp³-hybridized carbons (Fsp3) is 0.300. The van der Waals surface area contributed by atoms with Gasteiger partial charge in [0.15, 0.2) is 0 Å². The van der Waals surface area contributed by atoms with E-state index in [0.29, 0.717) is 35.6 Å². The zero-order chi connectivity index (χ0) is 18.8. The van der Waals surface area contributed by atoms with E-state index in [9.17, 15) is 9.90 Å². The second-order valence-electron chi connectivity index (χ2n) is 6.61. The summed E-state index contributed by atoms with van der Waals surface area (Å²) in [5, 5.41) is 17.8. The number of aliphatic hydroxyl groups is 1. The van der Waals surface area contributed by atoms with E-state index in [1.54, 1.807) is 11.7 Å². The molecule has 1 aliphatic heterocycles. The van der Waals surface area contributed by atoms with Crippen LogP contribution in [0.5, 0.6) is 5.75 Å². The van der Waals surface area contributed by atoms with Gasteiger partial charge >= 0.3 is 0 Å². The van der Waals surface area contributed by atoms with E-state index in [1.165, 1.54) is 0 Å². The lowest BCUT2D eigenvalue weighted by Gasteiger charge is -2.14. The largest absolute Gasteiger partial charge is 0.489 e. The summed E-state index contributed by atoms with van der Waals surface area (Å²) in [4.78, 5) is 12.8. The monoisotopic (exact) mass is 367 g/mol. The molecule has 0 bridgehead atoms. The van der Waals surface area contributed by atoms with Crippen LogP contribution in [0.2, 0.25) is 0 Å². The van der Waals surface area contributed by atoms with Gasteiger partial charge in [-0.3, -0.25) is 9.48 Å². The van der Waals surface area contributed by atoms with Crippen molar-refractivity contribution in [2.45, 2.75) is 18.8 Å². The first kappa shape index (κ1) is 17.5. The molecule has 1 fully saturated rings. The van der Waals surface area contributed by atoms with Gasteiger partial charge in [0.05, 0.1) is 30.9 Å². The van der Waals surface area contributed by atoms with Gasteiger partial charge in [0, 0.05) is 12.4 Å². The fourth-order valence-electron chi connectivity index (χ4n) is 3.20. The minimum Gasteiger partial charge on any atom is -0.489 e. The highest BCUT2D eigenvalue weighted by atomic mass is 16.5. The first-order valence-electron chi connectivity index (χ1n) is 8.82. The number of benzene rings is 2. The van der Waals surface area contributed by atoms with Gasteiger partial charge in [-0.25, -0.2) is 0 Å². The average molecular weight is 367 g/mol. The summed E-state index contributed by atoms with van der Waals surface area (Å²) >= 11 is 0. The van der Waals surface area contributed by atoms with Gasteiger partial charge in [-0.2, -0.15) is 5.10 Å². The fourth-order valence-corrected chi connectivity index (χ4v) is 3.20. The highest BCUT2D eigenvalue weighted by Gasteiger charge is 2.29. The predicted molar refractivity (Wildman–Crippen MR) is 99.6 cm³/mol. The van der Waals surface area contributed by atoms with Crippen molar-refractivity contribution in [2.75, 3.05) is 13.2 Å². The summed E-state index contributed by atoms with van der Waals surface area (Å²) in [6.07, 6.45) is -0.696. The molecule has 0 saturated carbocycles. The van der Waals surface area contributed by atoms with Crippen molar-refractivity contribution in [3.8, 4) is 5.75 Å². The van der Waals surface area contributed by atoms with Crippen LogP contribution in [-0.2, 0) is 18.4 Å². The molecule has 2 N–H and O–H groups in total. The van der Waals surface area contributed by atoms with Crippen LogP contribution in [0.4, 0.5) is 0 Å². The third kappa shape index (κ3) is 3.65. The molecule has 3 aromatic rings. The SMILES string of the molecule is Cn1nc2ccc(OCc3ccccc3)cc2c1C(=O)NC1COCC1O. The maximum Gasteiger partial charge on any atom is 0.270 e. The highest BCUT2D eigenvalue weighted by Crippen LogP contribution is 2.24. The summed E-state index contributed by atoms with van der Waals surface area (Å²) in [6.45, 7) is 0.975. The van der Waals surface area contributed by atoms with Crippen molar-refractivity contribution in [2.24, 2.45) is 7.05 Å². The molecule has 2 aromatic carbocycles. The smallest absolute Gasteiger partial charge is 0.270 e. The van der Waals surface area contributed by atoms with Crippen LogP contribution >= 0.6 is 0 Å². The van der Waals surface area contributed by atoms with Gasteiger partial charge in [0.2, 0.25) is 0 Å². The van der Waals surface area contributed by atoms with Crippen molar-refractivity contribution >= 4 is 16.8 Å². The molecule has 1 saturated heterocycles. The molecule has 1 amide bonds. The molecule has 140 valence electrons. The molecule has 2 atom stereocenters. The summed E-state index contributed by atoms with van der Waals surface area (Å²) in [6, 6.07) is 15.0. The van der Waals surface area contributed by atoms with Crippen LogP contribution < -0.4 is 10.1 Å². The minimum absolute atomic E-state index is 0.231. The minimum atomic E-state index is -0.696. The molecule has 0 aliphatic carbocycles. The first-order valence-corrected chi connectivity index (χ1v) is 8.82. The average Bonchev–Trinajstić information content (AvgIpc) is 3.22. The first-order chi connectivity index (χ1) is 13.1. The van der Waals surface area contributed by atoms with E-state index in [1.807, 2.05) is 48.5 Å². The molecule has 1 aromatic heterocycles. The number of aliphatic hydroxyl groups excluding tert-OH is 1. The number of hydrogen-bond acceptors (Lipinski definition) is 5. The Labute approximate surface area is 156 Å². The Morgan fingerprint density at radius 1 is 1.30 bits per heavy atom. The lowest BCUT2D eigenvalue weighted by Crippen LogP contribution is -2.43. The lowest BCUT2D eigenvalue weighted by molar-refractivity contribution is 0.0879. The molecule has 1 aliphatic rings. The summed E-state index contributed by atoms with van der Waals surface area (Å²) in [7, 11) is 1.72. The Hall–Kier alpha value is -2.90. The maximum atomic E-state index is 12.8. The van der Waals surface area contributed by atoms with Crippen LogP contribution in [0, 0.1) is 0 Å². The molecule has 0 spiro atoms. The molecule has 7 heteroatoms. The second-order valence-corrected chi connectivity index (χ2v) is 6.61. The van der Waals surface area contributed by atoms with E-state index >= 15 is 0 Å². The molecular formula is C20H21N3O4. The van der Waals surface area contributed by atoms with E-state index in [4.69, 9.17) is 9.47 Å². The number of rotatable bonds is 5. The zero-order valence-electron chi connectivity index (χ0n) is 15.0. The number of fused-ring (bicyclic) bond motifs is 1. The van der Waals surface area contributed by atoms with Crippen LogP contribution in [0.1, 0.15) is 16.1 Å². The molecule has 27 heavy (non-hydrogen) atoms. The zero-order valence-corrected chi connectivity index (χ0v) is 15.0. The number of nitrogens with zero attached hydrogens (tertiary/aromatic N) is 2. The van der Waals surface area contributed by atoms with Crippen LogP contribution in [0.25, 0.3) is 10.9 Å². The molecule has 4 rings (SSSR count). The highest BCUT2D eigenvalue weighted by molar-refractivity contribution is 6.05. The van der Waals surface area contributed by atoms with Crippen molar-refractivity contribution in [3.05, 3.63) is 59.8 Å². The number of aryl methyl sites for hydroxylation is 1. The Bertz CT molecular complexity index is 955. The number of amides is 1. The third-order valence-electron chi connectivity index (χ3n) is 4.63. The van der Waals surface area contributed by atoms with Crippen molar-refractivity contribution in [3.63, 3.8) is 0 Å². The van der Waals surface area contributed by atoms with Crippen molar-refractivity contribution < 1.29 is 19.4 Å². The topological polar surface area (TPSA) is 85.6 Å². The standard InChI is InChI=1S/C20H21N3O4/c1-23-19(20(25)21-17-11-26-12-18(17)24)15-9-14(7-8-16(15)22-23)27-10-13-5-3-2-4-6-13/h2-9,17-18,24H,10-12H2,1H3,(H,21,25).